The molecule has 0 radical (unpaired) electrons. The van der Waals surface area contributed by atoms with E-state index in [4.69, 9.17) is 9.47 Å². The van der Waals surface area contributed by atoms with Gasteiger partial charge in [0.15, 0.2) is 0 Å². The lowest BCUT2D eigenvalue weighted by atomic mass is 10.0. The van der Waals surface area contributed by atoms with Crippen LogP contribution in [0, 0.1) is 0 Å². The molecule has 0 spiro atoms. The Morgan fingerprint density at radius 1 is 1.00 bits per heavy atom. The van der Waals surface area contributed by atoms with E-state index >= 15 is 0 Å². The summed E-state index contributed by atoms with van der Waals surface area (Å²) >= 11 is 0. The Balaban J connectivity index is 1.26. The minimum atomic E-state index is -0.541. The number of hydrogen-bond acceptors (Lipinski definition) is 6. The number of amides is 3. The van der Waals surface area contributed by atoms with Crippen LogP contribution >= 0.6 is 0 Å². The second-order valence-electron chi connectivity index (χ2n) is 9.02. The molecule has 2 aromatic carbocycles. The van der Waals surface area contributed by atoms with Crippen molar-refractivity contribution in [2.75, 3.05) is 26.3 Å². The van der Waals surface area contributed by atoms with Gasteiger partial charge < -0.3 is 14.4 Å². The van der Waals surface area contributed by atoms with Gasteiger partial charge >= 0.3 is 0 Å². The molecular weight excluding hydrogens is 434 g/mol. The van der Waals surface area contributed by atoms with Crippen LogP contribution in [0.15, 0.2) is 48.5 Å². The first kappa shape index (κ1) is 22.7. The van der Waals surface area contributed by atoms with Crippen molar-refractivity contribution < 1.29 is 23.9 Å². The van der Waals surface area contributed by atoms with Crippen LogP contribution in [-0.4, -0.2) is 66.0 Å². The zero-order valence-electron chi connectivity index (χ0n) is 19.1. The van der Waals surface area contributed by atoms with Crippen molar-refractivity contribution in [1.29, 1.82) is 0 Å². The Kier molecular flexibility index (Phi) is 6.71. The Hall–Kier alpha value is -3.07. The summed E-state index contributed by atoms with van der Waals surface area (Å²) < 4.78 is 11.6. The number of fused-ring (bicyclic) bond motifs is 1. The normalized spacial score (nSPS) is 23.4. The van der Waals surface area contributed by atoms with Gasteiger partial charge in [0.25, 0.3) is 5.91 Å². The summed E-state index contributed by atoms with van der Waals surface area (Å²) in [5.74, 6) is -0.557. The summed E-state index contributed by atoms with van der Waals surface area (Å²) in [7, 11) is 0. The van der Waals surface area contributed by atoms with Crippen molar-refractivity contribution in [3.8, 4) is 0 Å². The highest BCUT2D eigenvalue weighted by molar-refractivity contribution is 5.99. The van der Waals surface area contributed by atoms with E-state index in [0.29, 0.717) is 58.0 Å². The highest BCUT2D eigenvalue weighted by Gasteiger charge is 2.40. The van der Waals surface area contributed by atoms with E-state index in [1.54, 1.807) is 4.90 Å². The van der Waals surface area contributed by atoms with Crippen molar-refractivity contribution in [1.82, 2.24) is 15.1 Å². The van der Waals surface area contributed by atoms with Gasteiger partial charge in [-0.05, 0) is 35.2 Å². The number of morpholine rings is 1. The highest BCUT2D eigenvalue weighted by Crippen LogP contribution is 2.28. The third-order valence-electron chi connectivity index (χ3n) is 6.76. The molecule has 2 unspecified atom stereocenters. The van der Waals surface area contributed by atoms with Gasteiger partial charge in [-0.2, -0.15) is 0 Å². The molecule has 1 N–H and O–H groups in total. The maximum Gasteiger partial charge on any atom is 0.254 e. The molecule has 178 valence electrons. The Morgan fingerprint density at radius 2 is 1.68 bits per heavy atom. The van der Waals surface area contributed by atoms with Gasteiger partial charge in [0, 0.05) is 38.2 Å². The Bertz CT molecular complexity index is 1040. The second-order valence-corrected chi connectivity index (χ2v) is 9.02. The fraction of sp³-hybridized carbons (Fsp3) is 0.423. The van der Waals surface area contributed by atoms with Crippen molar-refractivity contribution in [3.05, 3.63) is 70.8 Å². The number of nitrogens with one attached hydrogen (secondary N) is 1. The van der Waals surface area contributed by atoms with Crippen molar-refractivity contribution in [2.45, 2.75) is 44.7 Å². The lowest BCUT2D eigenvalue weighted by Gasteiger charge is -2.31. The van der Waals surface area contributed by atoms with Gasteiger partial charge in [0.2, 0.25) is 11.8 Å². The third-order valence-corrected chi connectivity index (χ3v) is 6.76. The first-order valence-corrected chi connectivity index (χ1v) is 11.8. The molecule has 2 aromatic rings. The lowest BCUT2D eigenvalue weighted by Crippen LogP contribution is -2.51. The smallest absolute Gasteiger partial charge is 0.254 e. The molecule has 0 aromatic heterocycles. The van der Waals surface area contributed by atoms with Gasteiger partial charge in [-0.1, -0.05) is 36.4 Å². The average molecular weight is 464 g/mol. The fourth-order valence-electron chi connectivity index (χ4n) is 4.90. The highest BCUT2D eigenvalue weighted by atomic mass is 16.5. The van der Waals surface area contributed by atoms with E-state index in [0.717, 1.165) is 5.56 Å². The van der Waals surface area contributed by atoms with Crippen LogP contribution in [0.3, 0.4) is 0 Å². The molecule has 8 heteroatoms. The molecule has 0 aliphatic carbocycles. The van der Waals surface area contributed by atoms with Crippen molar-refractivity contribution >= 4 is 17.7 Å². The summed E-state index contributed by atoms with van der Waals surface area (Å²) in [6, 6.07) is 15.0. The minimum absolute atomic E-state index is 0.00313. The van der Waals surface area contributed by atoms with Crippen LogP contribution in [0.2, 0.25) is 0 Å². The first-order valence-electron chi connectivity index (χ1n) is 11.8. The van der Waals surface area contributed by atoms with Crippen LogP contribution in [0.4, 0.5) is 0 Å². The lowest BCUT2D eigenvalue weighted by molar-refractivity contribution is -0.135. The van der Waals surface area contributed by atoms with Crippen LogP contribution in [0.1, 0.15) is 39.9 Å². The number of carbonyl (C=O) groups excluding carboxylic acids is 3. The van der Waals surface area contributed by atoms with Crippen molar-refractivity contribution in [2.24, 2.45) is 0 Å². The molecule has 0 bridgehead atoms. The number of nitrogens with zero attached hydrogens (tertiary/aromatic N) is 2. The number of carbonyl (C=O) groups is 3. The van der Waals surface area contributed by atoms with E-state index in [-0.39, 0.29) is 24.1 Å². The summed E-state index contributed by atoms with van der Waals surface area (Å²) in [6.07, 6.45) is 0.319. The van der Waals surface area contributed by atoms with Gasteiger partial charge in [0.1, 0.15) is 6.04 Å². The fourth-order valence-corrected chi connectivity index (χ4v) is 4.90. The van der Waals surface area contributed by atoms with Crippen LogP contribution in [-0.2, 0) is 38.8 Å². The van der Waals surface area contributed by atoms with Crippen LogP contribution < -0.4 is 5.32 Å². The van der Waals surface area contributed by atoms with E-state index in [2.05, 4.69) is 22.3 Å². The summed E-state index contributed by atoms with van der Waals surface area (Å²) in [5, 5.41) is 2.52. The molecule has 2 saturated heterocycles. The molecule has 34 heavy (non-hydrogen) atoms. The summed E-state index contributed by atoms with van der Waals surface area (Å²) in [6.45, 7) is 3.95. The van der Waals surface area contributed by atoms with E-state index in [9.17, 15) is 14.4 Å². The standard InChI is InChI=1S/C26H29N3O5/c30-23-10-9-22(24(25(31)27-23)29-15-20-3-1-2-4-21(20)16-29)34-17-18-5-7-19(8-6-18)26(32)28-11-13-33-14-12-28/h1-8,22,24H,9-17H2,(H,27,30,31). The maximum atomic E-state index is 12.9. The summed E-state index contributed by atoms with van der Waals surface area (Å²) in [5.41, 5.74) is 3.95. The van der Waals surface area contributed by atoms with Crippen LogP contribution in [0.5, 0.6) is 0 Å². The largest absolute Gasteiger partial charge is 0.378 e. The molecule has 2 fully saturated rings. The minimum Gasteiger partial charge on any atom is -0.378 e. The number of rotatable bonds is 5. The molecule has 3 heterocycles. The number of ether oxygens (including phenoxy) is 2. The average Bonchev–Trinajstić information content (AvgIpc) is 3.23. The van der Waals surface area contributed by atoms with Gasteiger partial charge in [-0.25, -0.2) is 0 Å². The first-order chi connectivity index (χ1) is 16.6. The van der Waals surface area contributed by atoms with E-state index in [1.807, 2.05) is 36.4 Å². The molecule has 3 aliphatic heterocycles. The molecule has 2 atom stereocenters. The van der Waals surface area contributed by atoms with E-state index in [1.165, 1.54) is 11.1 Å². The number of imide groups is 1. The molecule has 0 saturated carbocycles. The van der Waals surface area contributed by atoms with Crippen molar-refractivity contribution in [3.63, 3.8) is 0 Å². The van der Waals surface area contributed by atoms with Gasteiger partial charge in [-0.3, -0.25) is 24.6 Å². The van der Waals surface area contributed by atoms with Gasteiger partial charge in [-0.15, -0.1) is 0 Å². The third kappa shape index (κ3) is 4.89. The van der Waals surface area contributed by atoms with E-state index < -0.39 is 12.1 Å². The SMILES string of the molecule is O=C1CCC(OCc2ccc(C(=O)N3CCOCC3)cc2)C(N2Cc3ccccc3C2)C(=O)N1. The quantitative estimate of drug-likeness (QED) is 0.681. The monoisotopic (exact) mass is 463 g/mol. The van der Waals surface area contributed by atoms with Gasteiger partial charge in [0.05, 0.1) is 25.9 Å². The topological polar surface area (TPSA) is 88.2 Å². The molecule has 8 nitrogen and oxygen atoms in total. The summed E-state index contributed by atoms with van der Waals surface area (Å²) in [4.78, 5) is 41.6. The Morgan fingerprint density at radius 3 is 2.35 bits per heavy atom. The molecule has 5 rings (SSSR count). The zero-order chi connectivity index (χ0) is 23.5. The predicted molar refractivity (Wildman–Crippen MR) is 124 cm³/mol. The number of benzene rings is 2. The van der Waals surface area contributed by atoms with Crippen LogP contribution in [0.25, 0.3) is 0 Å². The second kappa shape index (κ2) is 10.0. The molecule has 3 amide bonds. The Labute approximate surface area is 198 Å². The molecular formula is C26H29N3O5. The zero-order valence-corrected chi connectivity index (χ0v) is 19.1. The number of hydrogen-bond donors (Lipinski definition) is 1. The maximum absolute atomic E-state index is 12.9. The predicted octanol–water partition coefficient (Wildman–Crippen LogP) is 1.87. The molecule has 3 aliphatic rings.